The minimum atomic E-state index is -4.99. The predicted molar refractivity (Wildman–Crippen MR) is 55.1 cm³/mol. The highest BCUT2D eigenvalue weighted by Crippen LogP contribution is 2.38. The van der Waals surface area contributed by atoms with E-state index in [1.54, 1.807) is 0 Å². The average Bonchev–Trinajstić information content (AvgIpc) is 2.14. The van der Waals surface area contributed by atoms with Gasteiger partial charge in [0.1, 0.15) is 3.70 Å². The van der Waals surface area contributed by atoms with Crippen LogP contribution >= 0.6 is 22.6 Å². The summed E-state index contributed by atoms with van der Waals surface area (Å²) in [6.07, 6.45) is -8.05. The molecule has 17 heavy (non-hydrogen) atoms. The van der Waals surface area contributed by atoms with Crippen molar-refractivity contribution < 1.29 is 31.4 Å². The average molecular weight is 369 g/mol. The Kier molecular flexibility index (Phi) is 4.33. The summed E-state index contributed by atoms with van der Waals surface area (Å²) in [6, 6.07) is 0.860. The van der Waals surface area contributed by atoms with Gasteiger partial charge in [-0.15, -0.1) is 13.2 Å². The molecule has 0 saturated heterocycles. The van der Waals surface area contributed by atoms with E-state index in [0.717, 1.165) is 13.2 Å². The maximum atomic E-state index is 12.5. The molecule has 0 aromatic carbocycles. The zero-order chi connectivity index (χ0) is 13.2. The van der Waals surface area contributed by atoms with Crippen LogP contribution in [0, 0.1) is 3.70 Å². The highest BCUT2D eigenvalue weighted by atomic mass is 127. The van der Waals surface area contributed by atoms with Crippen molar-refractivity contribution in [3.63, 3.8) is 0 Å². The minimum absolute atomic E-state index is 0.0575. The zero-order valence-corrected chi connectivity index (χ0v) is 10.3. The van der Waals surface area contributed by atoms with Crippen molar-refractivity contribution in [1.82, 2.24) is 4.98 Å². The Bertz CT molecular complexity index is 410. The van der Waals surface area contributed by atoms with Gasteiger partial charge in [-0.2, -0.15) is 0 Å². The van der Waals surface area contributed by atoms with E-state index in [4.69, 9.17) is 0 Å². The highest BCUT2D eigenvalue weighted by molar-refractivity contribution is 14.1. The maximum Gasteiger partial charge on any atom is 0.573 e. The van der Waals surface area contributed by atoms with Crippen LogP contribution < -0.4 is 9.47 Å². The lowest BCUT2D eigenvalue weighted by Gasteiger charge is -2.15. The minimum Gasteiger partial charge on any atom is -0.491 e. The number of nitrogens with zero attached hydrogens (tertiary/aromatic N) is 1. The van der Waals surface area contributed by atoms with Gasteiger partial charge in [0, 0.05) is 6.07 Å². The normalized spacial score (nSPS) is 11.8. The van der Waals surface area contributed by atoms with E-state index in [1.807, 2.05) is 0 Å². The zero-order valence-electron chi connectivity index (χ0n) is 8.19. The molecule has 0 amide bonds. The lowest BCUT2D eigenvalue weighted by atomic mass is 10.3. The molecule has 96 valence electrons. The SMILES string of the molecule is COc1c(OC(F)(F)F)cc(I)nc1C(F)F. The molecule has 0 aliphatic heterocycles. The Morgan fingerprint density at radius 3 is 2.35 bits per heavy atom. The third kappa shape index (κ3) is 3.82. The number of pyridine rings is 1. The van der Waals surface area contributed by atoms with Crippen LogP contribution in [0.15, 0.2) is 6.07 Å². The van der Waals surface area contributed by atoms with Crippen molar-refractivity contribution in [1.29, 1.82) is 0 Å². The predicted octanol–water partition coefficient (Wildman–Crippen LogP) is 3.53. The Labute approximate surface area is 106 Å². The van der Waals surface area contributed by atoms with E-state index < -0.39 is 30.0 Å². The lowest BCUT2D eigenvalue weighted by molar-refractivity contribution is -0.275. The smallest absolute Gasteiger partial charge is 0.491 e. The number of methoxy groups -OCH3 is 1. The number of ether oxygens (including phenoxy) is 2. The van der Waals surface area contributed by atoms with Crippen LogP contribution in [0.3, 0.4) is 0 Å². The van der Waals surface area contributed by atoms with Gasteiger partial charge in [0.15, 0.2) is 17.2 Å². The van der Waals surface area contributed by atoms with E-state index in [0.29, 0.717) is 0 Å². The van der Waals surface area contributed by atoms with Gasteiger partial charge in [0.25, 0.3) is 6.43 Å². The van der Waals surface area contributed by atoms with Crippen LogP contribution in [-0.2, 0) is 0 Å². The molecule has 3 nitrogen and oxygen atoms in total. The summed E-state index contributed by atoms with van der Waals surface area (Å²) >= 11 is 1.50. The van der Waals surface area contributed by atoms with Gasteiger partial charge < -0.3 is 9.47 Å². The molecule has 9 heteroatoms. The molecule has 1 aromatic rings. The van der Waals surface area contributed by atoms with E-state index >= 15 is 0 Å². The summed E-state index contributed by atoms with van der Waals surface area (Å²) in [7, 11) is 0.957. The Morgan fingerprint density at radius 2 is 1.94 bits per heavy atom. The standard InChI is InChI=1S/C8H5F5INO2/c1-16-6-3(17-8(11,12)13)2-4(14)15-5(6)7(9)10/h2,7H,1H3. The molecule has 0 fully saturated rings. The molecule has 0 aliphatic rings. The Hall–Kier alpha value is -0.870. The van der Waals surface area contributed by atoms with Crippen molar-refractivity contribution in [2.24, 2.45) is 0 Å². The molecule has 0 aliphatic carbocycles. The summed E-state index contributed by atoms with van der Waals surface area (Å²) in [4.78, 5) is 3.40. The van der Waals surface area contributed by atoms with Crippen LogP contribution in [0.1, 0.15) is 12.1 Å². The monoisotopic (exact) mass is 369 g/mol. The van der Waals surface area contributed by atoms with Crippen LogP contribution in [0.4, 0.5) is 22.0 Å². The van der Waals surface area contributed by atoms with Gasteiger partial charge in [-0.3, -0.25) is 0 Å². The van der Waals surface area contributed by atoms with Crippen LogP contribution in [-0.4, -0.2) is 18.5 Å². The van der Waals surface area contributed by atoms with Crippen molar-refractivity contribution in [2.45, 2.75) is 12.8 Å². The molecule has 1 rings (SSSR count). The molecule has 0 spiro atoms. The second-order valence-corrected chi connectivity index (χ2v) is 3.82. The number of alkyl halides is 5. The number of rotatable bonds is 3. The molecule has 1 aromatic heterocycles. The third-order valence-electron chi connectivity index (χ3n) is 1.57. The molecule has 0 N–H and O–H groups in total. The highest BCUT2D eigenvalue weighted by Gasteiger charge is 2.34. The fourth-order valence-electron chi connectivity index (χ4n) is 1.05. The van der Waals surface area contributed by atoms with Crippen molar-refractivity contribution in [3.05, 3.63) is 15.5 Å². The van der Waals surface area contributed by atoms with Gasteiger partial charge in [-0.05, 0) is 22.6 Å². The molecular weight excluding hydrogens is 364 g/mol. The van der Waals surface area contributed by atoms with Crippen LogP contribution in [0.5, 0.6) is 11.5 Å². The molecule has 0 atom stereocenters. The first-order valence-corrected chi connectivity index (χ1v) is 5.10. The maximum absolute atomic E-state index is 12.5. The van der Waals surface area contributed by atoms with Gasteiger partial charge in [-0.1, -0.05) is 0 Å². The Morgan fingerprint density at radius 1 is 1.35 bits per heavy atom. The lowest BCUT2D eigenvalue weighted by Crippen LogP contribution is -2.18. The quantitative estimate of drug-likeness (QED) is 0.464. The Balaban J connectivity index is 3.28. The second-order valence-electron chi connectivity index (χ2n) is 2.71. The van der Waals surface area contributed by atoms with Crippen molar-refractivity contribution >= 4 is 22.6 Å². The van der Waals surface area contributed by atoms with Crippen LogP contribution in [0.2, 0.25) is 0 Å². The van der Waals surface area contributed by atoms with Gasteiger partial charge >= 0.3 is 6.36 Å². The van der Waals surface area contributed by atoms with Gasteiger partial charge in [0.2, 0.25) is 0 Å². The molecule has 0 unspecified atom stereocenters. The fraction of sp³-hybridized carbons (Fsp3) is 0.375. The van der Waals surface area contributed by atoms with E-state index in [2.05, 4.69) is 14.5 Å². The fourth-order valence-corrected chi connectivity index (χ4v) is 1.59. The second kappa shape index (κ2) is 5.19. The van der Waals surface area contributed by atoms with E-state index in [1.165, 1.54) is 22.6 Å². The summed E-state index contributed by atoms with van der Waals surface area (Å²) in [5.41, 5.74) is -0.890. The van der Waals surface area contributed by atoms with E-state index in [9.17, 15) is 22.0 Å². The number of hydrogen-bond donors (Lipinski definition) is 0. The first-order chi connectivity index (χ1) is 7.74. The van der Waals surface area contributed by atoms with Crippen molar-refractivity contribution in [2.75, 3.05) is 7.11 Å². The first kappa shape index (κ1) is 14.2. The van der Waals surface area contributed by atoms with Crippen LogP contribution in [0.25, 0.3) is 0 Å². The summed E-state index contributed by atoms with van der Waals surface area (Å²) in [5.74, 6) is -1.56. The first-order valence-electron chi connectivity index (χ1n) is 4.03. The third-order valence-corrected chi connectivity index (χ3v) is 2.12. The number of hydrogen-bond acceptors (Lipinski definition) is 3. The van der Waals surface area contributed by atoms with Gasteiger partial charge in [-0.25, -0.2) is 13.8 Å². The van der Waals surface area contributed by atoms with Crippen molar-refractivity contribution in [3.8, 4) is 11.5 Å². The molecular formula is C8H5F5INO2. The molecule has 0 bridgehead atoms. The topological polar surface area (TPSA) is 31.4 Å². The summed E-state index contributed by atoms with van der Waals surface area (Å²) in [5, 5.41) is 0. The van der Waals surface area contributed by atoms with E-state index in [-0.39, 0.29) is 3.70 Å². The number of aromatic nitrogens is 1. The molecule has 1 heterocycles. The molecule has 0 radical (unpaired) electrons. The largest absolute Gasteiger partial charge is 0.573 e. The van der Waals surface area contributed by atoms with Gasteiger partial charge in [0.05, 0.1) is 7.11 Å². The summed E-state index contributed by atoms with van der Waals surface area (Å²) < 4.78 is 69.2. The number of halogens is 6. The molecule has 0 saturated carbocycles. The summed E-state index contributed by atoms with van der Waals surface area (Å²) in [6.45, 7) is 0.